The average molecular weight is 360 g/mol. The second-order valence-corrected chi connectivity index (χ2v) is 6.71. The summed E-state index contributed by atoms with van der Waals surface area (Å²) >= 11 is 0. The van der Waals surface area contributed by atoms with Gasteiger partial charge in [-0.3, -0.25) is 10.2 Å². The highest BCUT2D eigenvalue weighted by Crippen LogP contribution is 2.30. The van der Waals surface area contributed by atoms with Crippen LogP contribution in [0.3, 0.4) is 0 Å². The highest BCUT2D eigenvalue weighted by molar-refractivity contribution is 6.30. The number of aromatic nitrogens is 2. The third kappa shape index (κ3) is 2.89. The van der Waals surface area contributed by atoms with Gasteiger partial charge < -0.3 is 15.0 Å². The third-order valence-corrected chi connectivity index (χ3v) is 4.86. The maximum absolute atomic E-state index is 12.5. The molecular weight excluding hydrogens is 340 g/mol. The summed E-state index contributed by atoms with van der Waals surface area (Å²) in [5, 5.41) is 19.5. The monoisotopic (exact) mass is 360 g/mol. The molecule has 0 unspecified atom stereocenters. The fraction of sp³-hybridized carbons (Fsp3) is 0.190. The highest BCUT2D eigenvalue weighted by atomic mass is 16.3. The molecule has 0 amide bonds. The molecule has 6 heteroatoms. The first kappa shape index (κ1) is 17.0. The van der Waals surface area contributed by atoms with Gasteiger partial charge in [0.2, 0.25) is 0 Å². The van der Waals surface area contributed by atoms with Crippen molar-refractivity contribution in [2.24, 2.45) is 0 Å². The van der Waals surface area contributed by atoms with Gasteiger partial charge in [-0.25, -0.2) is 4.98 Å². The van der Waals surface area contributed by atoms with Crippen LogP contribution in [0.25, 0.3) is 16.5 Å². The number of nitrogens with zero attached hydrogens (tertiary/aromatic N) is 2. The van der Waals surface area contributed by atoms with Crippen molar-refractivity contribution in [1.82, 2.24) is 9.97 Å². The van der Waals surface area contributed by atoms with Gasteiger partial charge >= 0.3 is 0 Å². The third-order valence-electron chi connectivity index (χ3n) is 4.86. The number of aromatic amines is 1. The van der Waals surface area contributed by atoms with Crippen LogP contribution in [0.1, 0.15) is 23.9 Å². The van der Waals surface area contributed by atoms with E-state index in [-0.39, 0.29) is 35.1 Å². The molecule has 0 atom stereocenters. The summed E-state index contributed by atoms with van der Waals surface area (Å²) in [7, 11) is 0. The Morgan fingerprint density at radius 2 is 1.96 bits per heavy atom. The Balaban J connectivity index is 1.74. The van der Waals surface area contributed by atoms with Crippen LogP contribution in [0.5, 0.6) is 0 Å². The summed E-state index contributed by atoms with van der Waals surface area (Å²) in [4.78, 5) is 21.4. The Labute approximate surface area is 156 Å². The molecule has 2 aromatic carbocycles. The summed E-state index contributed by atoms with van der Waals surface area (Å²) in [6, 6.07) is 13.3. The lowest BCUT2D eigenvalue weighted by Crippen LogP contribution is -2.26. The Hall–Kier alpha value is -3.41. The number of amidine groups is 1. The van der Waals surface area contributed by atoms with Gasteiger partial charge in [0.25, 0.3) is 5.56 Å². The molecule has 6 nitrogen and oxygen atoms in total. The minimum absolute atomic E-state index is 0.0224. The average Bonchev–Trinajstić information content (AvgIpc) is 2.96. The summed E-state index contributed by atoms with van der Waals surface area (Å²) in [6.45, 7) is 4.17. The Bertz CT molecular complexity index is 1140. The van der Waals surface area contributed by atoms with E-state index in [1.807, 2.05) is 37.3 Å². The van der Waals surface area contributed by atoms with Gasteiger partial charge in [-0.15, -0.1) is 0 Å². The smallest absolute Gasteiger partial charge is 0.259 e. The zero-order valence-electron chi connectivity index (χ0n) is 15.2. The van der Waals surface area contributed by atoms with Crippen molar-refractivity contribution in [3.8, 4) is 0 Å². The lowest BCUT2D eigenvalue weighted by Gasteiger charge is -2.19. The van der Waals surface area contributed by atoms with E-state index < -0.39 is 0 Å². The molecule has 27 heavy (non-hydrogen) atoms. The van der Waals surface area contributed by atoms with Gasteiger partial charge in [-0.1, -0.05) is 30.7 Å². The fourth-order valence-corrected chi connectivity index (χ4v) is 3.33. The minimum atomic E-state index is -0.280. The number of aliphatic hydroxyl groups is 1. The van der Waals surface area contributed by atoms with Crippen LogP contribution in [-0.2, 0) is 6.42 Å². The van der Waals surface area contributed by atoms with Crippen LogP contribution < -0.4 is 10.5 Å². The zero-order chi connectivity index (χ0) is 19.1. The van der Waals surface area contributed by atoms with Gasteiger partial charge in [0.15, 0.2) is 0 Å². The number of nitrogens with one attached hydrogen (secondary N) is 2. The summed E-state index contributed by atoms with van der Waals surface area (Å²) < 4.78 is 0. The highest BCUT2D eigenvalue weighted by Gasteiger charge is 2.31. The molecule has 0 bridgehead atoms. The number of hydrogen-bond donors (Lipinski definition) is 3. The molecule has 3 aromatic rings. The largest absolute Gasteiger partial charge is 0.509 e. The van der Waals surface area contributed by atoms with E-state index in [0.717, 1.165) is 17.7 Å². The maximum Gasteiger partial charge on any atom is 0.259 e. The molecule has 0 saturated carbocycles. The summed E-state index contributed by atoms with van der Waals surface area (Å²) in [6.07, 6.45) is 0.939. The molecule has 1 aromatic heterocycles. The van der Waals surface area contributed by atoms with Crippen molar-refractivity contribution in [3.63, 3.8) is 0 Å². The van der Waals surface area contributed by atoms with Gasteiger partial charge in [0.1, 0.15) is 17.4 Å². The van der Waals surface area contributed by atoms with Crippen molar-refractivity contribution in [1.29, 1.82) is 5.41 Å². The van der Waals surface area contributed by atoms with Crippen molar-refractivity contribution in [2.75, 3.05) is 11.4 Å². The number of anilines is 1. The van der Waals surface area contributed by atoms with Gasteiger partial charge in [0, 0.05) is 5.69 Å². The molecule has 4 rings (SSSR count). The lowest BCUT2D eigenvalue weighted by atomic mass is 10.1. The quantitative estimate of drug-likeness (QED) is 0.666. The molecule has 0 spiro atoms. The predicted octanol–water partition coefficient (Wildman–Crippen LogP) is 3.56. The van der Waals surface area contributed by atoms with E-state index in [4.69, 9.17) is 5.41 Å². The second kappa shape index (κ2) is 6.39. The van der Waals surface area contributed by atoms with Gasteiger partial charge in [-0.05, 0) is 43.2 Å². The molecule has 2 heterocycles. The summed E-state index contributed by atoms with van der Waals surface area (Å²) in [5.41, 5.74) is 3.51. The SMILES string of the molecule is CCc1ccc(N2CC(O)=C(c3nc4ccc(C)cc4c(=O)[nH]3)C2=N)cc1. The van der Waals surface area contributed by atoms with Gasteiger partial charge in [0.05, 0.1) is 23.0 Å². The number of H-pyrrole nitrogens is 1. The number of benzene rings is 2. The van der Waals surface area contributed by atoms with Crippen molar-refractivity contribution >= 4 is 28.0 Å². The molecule has 0 aliphatic carbocycles. The van der Waals surface area contributed by atoms with Crippen LogP contribution >= 0.6 is 0 Å². The Morgan fingerprint density at radius 3 is 2.67 bits per heavy atom. The summed E-state index contributed by atoms with van der Waals surface area (Å²) in [5.74, 6) is 0.354. The second-order valence-electron chi connectivity index (χ2n) is 6.71. The molecule has 3 N–H and O–H groups in total. The molecule has 136 valence electrons. The predicted molar refractivity (Wildman–Crippen MR) is 108 cm³/mol. The number of rotatable bonds is 3. The molecule has 0 fully saturated rings. The van der Waals surface area contributed by atoms with Gasteiger partial charge in [-0.2, -0.15) is 0 Å². The van der Waals surface area contributed by atoms with E-state index in [9.17, 15) is 9.90 Å². The van der Waals surface area contributed by atoms with E-state index in [0.29, 0.717) is 10.9 Å². The molecule has 1 aliphatic heterocycles. The topological polar surface area (TPSA) is 93.1 Å². The van der Waals surface area contributed by atoms with Crippen LogP contribution in [0.2, 0.25) is 0 Å². The zero-order valence-corrected chi connectivity index (χ0v) is 15.2. The fourth-order valence-electron chi connectivity index (χ4n) is 3.33. The van der Waals surface area contributed by atoms with E-state index >= 15 is 0 Å². The minimum Gasteiger partial charge on any atom is -0.509 e. The molecular formula is C21H20N4O2. The number of fused-ring (bicyclic) bond motifs is 1. The lowest BCUT2D eigenvalue weighted by molar-refractivity contribution is 0.411. The van der Waals surface area contributed by atoms with Crippen molar-refractivity contribution in [3.05, 3.63) is 75.5 Å². The Kier molecular flexibility index (Phi) is 4.03. The van der Waals surface area contributed by atoms with E-state index in [1.165, 1.54) is 5.56 Å². The van der Waals surface area contributed by atoms with Crippen molar-refractivity contribution < 1.29 is 5.11 Å². The van der Waals surface area contributed by atoms with Crippen LogP contribution in [0.4, 0.5) is 5.69 Å². The van der Waals surface area contributed by atoms with E-state index in [1.54, 1.807) is 17.0 Å². The molecule has 1 aliphatic rings. The first-order valence-electron chi connectivity index (χ1n) is 8.86. The van der Waals surface area contributed by atoms with Crippen LogP contribution in [-0.4, -0.2) is 27.5 Å². The van der Waals surface area contributed by atoms with Crippen molar-refractivity contribution in [2.45, 2.75) is 20.3 Å². The number of aliphatic hydroxyl groups excluding tert-OH is 1. The van der Waals surface area contributed by atoms with Crippen LogP contribution in [0.15, 0.2) is 53.0 Å². The standard InChI is InChI=1S/C21H20N4O2/c1-3-13-5-7-14(8-6-13)25-11-17(26)18(19(25)22)20-23-16-9-4-12(2)10-15(16)21(27)24-20/h4-10,22,26H,3,11H2,1-2H3,(H,23,24,27). The first-order chi connectivity index (χ1) is 13.0. The van der Waals surface area contributed by atoms with Crippen LogP contribution in [0, 0.1) is 12.3 Å². The molecule has 0 saturated heterocycles. The normalized spacial score (nSPS) is 14.4. The number of aryl methyl sites for hydroxylation is 2. The first-order valence-corrected chi connectivity index (χ1v) is 8.86. The number of hydrogen-bond acceptors (Lipinski definition) is 4. The maximum atomic E-state index is 12.5. The Morgan fingerprint density at radius 1 is 1.22 bits per heavy atom. The van der Waals surface area contributed by atoms with E-state index in [2.05, 4.69) is 16.9 Å². The molecule has 0 radical (unpaired) electrons.